The van der Waals surface area contributed by atoms with Gasteiger partial charge >= 0.3 is 132 Å². The van der Waals surface area contributed by atoms with Crippen molar-refractivity contribution in [3.05, 3.63) is 30.3 Å². The summed E-state index contributed by atoms with van der Waals surface area (Å²) < 4.78 is 7.81. The third kappa shape index (κ3) is 7.17. The molecule has 0 saturated carbocycles. The van der Waals surface area contributed by atoms with E-state index >= 15 is 0 Å². The standard InChI is InChI=1S/C16H25NO2Te/c1-12(2)14(17-15(18)19-16(3,4)5)11-20-13-9-7-6-8-10-13/h6-10,12,14H,11H2,1-5H3,(H,17,18)/t14-/m1/s1. The first-order valence-electron chi connectivity index (χ1n) is 6.95. The number of carbonyl (C=O) groups excluding carboxylic acids is 1. The number of amides is 1. The zero-order chi connectivity index (χ0) is 15.2. The van der Waals surface area contributed by atoms with Gasteiger partial charge in [0.25, 0.3) is 0 Å². The molecule has 0 saturated heterocycles. The first-order valence-corrected chi connectivity index (χ1v) is 9.76. The van der Waals surface area contributed by atoms with E-state index in [0.717, 1.165) is 4.47 Å². The van der Waals surface area contributed by atoms with Crippen LogP contribution < -0.4 is 8.93 Å². The van der Waals surface area contributed by atoms with Crippen LogP contribution in [0, 0.1) is 5.92 Å². The van der Waals surface area contributed by atoms with Gasteiger partial charge in [-0.3, -0.25) is 0 Å². The Bertz CT molecular complexity index is 412. The number of ether oxygens (including phenoxy) is 1. The van der Waals surface area contributed by atoms with Gasteiger partial charge < -0.3 is 0 Å². The van der Waals surface area contributed by atoms with E-state index in [1.807, 2.05) is 26.8 Å². The molecule has 0 aliphatic carbocycles. The summed E-state index contributed by atoms with van der Waals surface area (Å²) in [6, 6.07) is 10.7. The molecule has 0 unspecified atom stereocenters. The van der Waals surface area contributed by atoms with Gasteiger partial charge in [0, 0.05) is 0 Å². The van der Waals surface area contributed by atoms with E-state index in [4.69, 9.17) is 4.74 Å². The molecule has 0 aromatic heterocycles. The molecule has 0 aliphatic rings. The van der Waals surface area contributed by atoms with Gasteiger partial charge in [-0.25, -0.2) is 0 Å². The Balaban J connectivity index is 2.51. The van der Waals surface area contributed by atoms with Gasteiger partial charge in [-0.05, 0) is 0 Å². The second kappa shape index (κ2) is 7.90. The number of nitrogens with one attached hydrogen (secondary N) is 1. The summed E-state index contributed by atoms with van der Waals surface area (Å²) in [4.78, 5) is 11.9. The van der Waals surface area contributed by atoms with Crippen LogP contribution in [0.3, 0.4) is 0 Å². The first kappa shape index (κ1) is 17.3. The van der Waals surface area contributed by atoms with Crippen LogP contribution in [0.2, 0.25) is 4.47 Å². The van der Waals surface area contributed by atoms with Gasteiger partial charge in [-0.2, -0.15) is 0 Å². The van der Waals surface area contributed by atoms with Crippen molar-refractivity contribution in [1.29, 1.82) is 0 Å². The van der Waals surface area contributed by atoms with Crippen LogP contribution in [-0.4, -0.2) is 38.7 Å². The summed E-state index contributed by atoms with van der Waals surface area (Å²) in [7, 11) is 0. The Morgan fingerprint density at radius 1 is 1.25 bits per heavy atom. The molecule has 0 radical (unpaired) electrons. The zero-order valence-corrected chi connectivity index (χ0v) is 15.3. The molecular formula is C16H25NO2Te. The molecule has 3 nitrogen and oxygen atoms in total. The SMILES string of the molecule is CC(C)[C@@H](C[Te]c1ccccc1)NC(=O)OC(C)(C)C. The number of hydrogen-bond donors (Lipinski definition) is 1. The molecule has 0 heterocycles. The molecule has 4 heteroatoms. The molecule has 0 spiro atoms. The fourth-order valence-electron chi connectivity index (χ4n) is 1.56. The summed E-state index contributed by atoms with van der Waals surface area (Å²) in [5.74, 6) is 0.413. The van der Waals surface area contributed by atoms with E-state index in [1.54, 1.807) is 0 Å². The predicted octanol–water partition coefficient (Wildman–Crippen LogP) is 2.98. The first-order chi connectivity index (χ1) is 9.28. The zero-order valence-electron chi connectivity index (χ0n) is 13.0. The molecule has 20 heavy (non-hydrogen) atoms. The average Bonchev–Trinajstić information content (AvgIpc) is 2.33. The fourth-order valence-corrected chi connectivity index (χ4v) is 4.96. The van der Waals surface area contributed by atoms with Crippen molar-refractivity contribution in [1.82, 2.24) is 5.32 Å². The van der Waals surface area contributed by atoms with E-state index in [2.05, 4.69) is 43.4 Å². The second-order valence-electron chi connectivity index (χ2n) is 6.12. The van der Waals surface area contributed by atoms with Crippen LogP contribution in [0.4, 0.5) is 4.79 Å². The molecule has 1 aromatic carbocycles. The van der Waals surface area contributed by atoms with Gasteiger partial charge in [-0.15, -0.1) is 0 Å². The van der Waals surface area contributed by atoms with E-state index < -0.39 is 5.60 Å². The topological polar surface area (TPSA) is 38.3 Å². The van der Waals surface area contributed by atoms with Crippen LogP contribution in [0.1, 0.15) is 34.6 Å². The Morgan fingerprint density at radius 2 is 1.85 bits per heavy atom. The van der Waals surface area contributed by atoms with Gasteiger partial charge in [0.05, 0.1) is 0 Å². The Morgan fingerprint density at radius 3 is 2.35 bits per heavy atom. The maximum atomic E-state index is 11.9. The summed E-state index contributed by atoms with van der Waals surface area (Å²) in [5.41, 5.74) is -0.443. The number of alkyl carbamates (subject to hydrolysis) is 1. The van der Waals surface area contributed by atoms with Crippen LogP contribution >= 0.6 is 0 Å². The van der Waals surface area contributed by atoms with Crippen molar-refractivity contribution >= 4 is 30.6 Å². The van der Waals surface area contributed by atoms with Crippen molar-refractivity contribution in [3.8, 4) is 0 Å². The molecule has 1 aromatic rings. The van der Waals surface area contributed by atoms with E-state index in [-0.39, 0.29) is 33.1 Å². The summed E-state index contributed by atoms with van der Waals surface area (Å²) >= 11 is -0.273. The quantitative estimate of drug-likeness (QED) is 0.785. The number of hydrogen-bond acceptors (Lipinski definition) is 2. The van der Waals surface area contributed by atoms with Gasteiger partial charge in [-0.1, -0.05) is 0 Å². The molecule has 1 N–H and O–H groups in total. The summed E-state index contributed by atoms with van der Waals surface area (Å²) in [5, 5.41) is 3.01. The monoisotopic (exact) mass is 393 g/mol. The van der Waals surface area contributed by atoms with E-state index in [9.17, 15) is 4.79 Å². The maximum absolute atomic E-state index is 11.9. The van der Waals surface area contributed by atoms with E-state index in [0.29, 0.717) is 5.92 Å². The van der Waals surface area contributed by atoms with Crippen molar-refractivity contribution in [3.63, 3.8) is 0 Å². The average molecular weight is 391 g/mol. The molecule has 1 rings (SSSR count). The Kier molecular flexibility index (Phi) is 6.85. The Labute approximate surface area is 132 Å². The number of rotatable bonds is 5. The van der Waals surface area contributed by atoms with Crippen LogP contribution in [0.25, 0.3) is 0 Å². The Hall–Kier alpha value is -0.720. The molecule has 0 aliphatic heterocycles. The molecule has 0 fully saturated rings. The predicted molar refractivity (Wildman–Crippen MR) is 84.6 cm³/mol. The second-order valence-corrected chi connectivity index (χ2v) is 9.24. The van der Waals surface area contributed by atoms with Gasteiger partial charge in [0.1, 0.15) is 0 Å². The van der Waals surface area contributed by atoms with Crippen molar-refractivity contribution in [2.75, 3.05) is 0 Å². The van der Waals surface area contributed by atoms with Crippen LogP contribution in [0.5, 0.6) is 0 Å². The summed E-state index contributed by atoms with van der Waals surface area (Å²) in [6.07, 6.45) is -0.309. The molecule has 1 atom stereocenters. The number of benzene rings is 1. The fraction of sp³-hybridized carbons (Fsp3) is 0.562. The van der Waals surface area contributed by atoms with E-state index in [1.165, 1.54) is 3.61 Å². The molecule has 112 valence electrons. The van der Waals surface area contributed by atoms with Crippen molar-refractivity contribution in [2.24, 2.45) is 5.92 Å². The van der Waals surface area contributed by atoms with Crippen LogP contribution in [0.15, 0.2) is 30.3 Å². The van der Waals surface area contributed by atoms with Crippen molar-refractivity contribution < 1.29 is 9.53 Å². The minimum atomic E-state index is -0.443. The minimum absolute atomic E-state index is 0.187. The van der Waals surface area contributed by atoms with Gasteiger partial charge in [0.2, 0.25) is 0 Å². The normalized spacial score (nSPS) is 13.1. The molecule has 1 amide bonds. The third-order valence-electron chi connectivity index (χ3n) is 2.68. The van der Waals surface area contributed by atoms with Gasteiger partial charge in [0.15, 0.2) is 0 Å². The molecular weight excluding hydrogens is 366 g/mol. The van der Waals surface area contributed by atoms with Crippen LogP contribution in [-0.2, 0) is 4.74 Å². The molecule has 0 bridgehead atoms. The third-order valence-corrected chi connectivity index (χ3v) is 5.91. The summed E-state index contributed by atoms with van der Waals surface area (Å²) in [6.45, 7) is 9.93. The van der Waals surface area contributed by atoms with Crippen molar-refractivity contribution in [2.45, 2.75) is 50.7 Å². The number of carbonyl (C=O) groups is 1.